The second kappa shape index (κ2) is 4.43. The predicted octanol–water partition coefficient (Wildman–Crippen LogP) is 1.43. The van der Waals surface area contributed by atoms with Gasteiger partial charge in [-0.25, -0.2) is 8.42 Å². The summed E-state index contributed by atoms with van der Waals surface area (Å²) in [7, 11) is -2.82. The van der Waals surface area contributed by atoms with Gasteiger partial charge in [0.1, 0.15) is 5.78 Å². The highest BCUT2D eigenvalue weighted by Crippen LogP contribution is 2.22. The number of hydrogen-bond donors (Lipinski definition) is 0. The van der Waals surface area contributed by atoms with Crippen LogP contribution in [0.5, 0.6) is 0 Å². The molecule has 1 saturated heterocycles. The first-order valence-corrected chi connectivity index (χ1v) is 6.93. The molecule has 0 N–H and O–H groups in total. The van der Waals surface area contributed by atoms with Crippen LogP contribution in [0.25, 0.3) is 0 Å². The van der Waals surface area contributed by atoms with Gasteiger partial charge < -0.3 is 0 Å². The standard InChI is InChI=1S/C10H18O3S/c1-8(2)5-10(11)6-9-3-4-14(12,13)7-9/h8-9H,3-7H2,1-2H3. The van der Waals surface area contributed by atoms with E-state index in [9.17, 15) is 13.2 Å². The molecule has 14 heavy (non-hydrogen) atoms. The lowest BCUT2D eigenvalue weighted by Gasteiger charge is -2.07. The fourth-order valence-electron chi connectivity index (χ4n) is 1.89. The molecule has 82 valence electrons. The molecule has 4 heteroatoms. The Morgan fingerprint density at radius 2 is 2.07 bits per heavy atom. The van der Waals surface area contributed by atoms with E-state index in [4.69, 9.17) is 0 Å². The molecular formula is C10H18O3S. The summed E-state index contributed by atoms with van der Waals surface area (Å²) in [6, 6.07) is 0. The van der Waals surface area contributed by atoms with Crippen molar-refractivity contribution in [2.75, 3.05) is 11.5 Å². The van der Waals surface area contributed by atoms with E-state index in [1.807, 2.05) is 13.8 Å². The summed E-state index contributed by atoms with van der Waals surface area (Å²) in [5.74, 6) is 1.16. The van der Waals surface area contributed by atoms with Gasteiger partial charge in [0.05, 0.1) is 11.5 Å². The van der Waals surface area contributed by atoms with E-state index < -0.39 is 9.84 Å². The second-order valence-electron chi connectivity index (χ2n) is 4.61. The lowest BCUT2D eigenvalue weighted by atomic mass is 9.97. The molecule has 0 spiro atoms. The third-order valence-electron chi connectivity index (χ3n) is 2.48. The molecule has 0 aromatic rings. The summed E-state index contributed by atoms with van der Waals surface area (Å²) in [5, 5.41) is 0. The number of carbonyl (C=O) groups excluding carboxylic acids is 1. The van der Waals surface area contributed by atoms with E-state index in [1.54, 1.807) is 0 Å². The lowest BCUT2D eigenvalue weighted by Crippen LogP contribution is -2.11. The molecule has 0 aromatic heterocycles. The first-order chi connectivity index (χ1) is 6.39. The molecule has 0 radical (unpaired) electrons. The van der Waals surface area contributed by atoms with Crippen LogP contribution < -0.4 is 0 Å². The minimum atomic E-state index is -2.82. The summed E-state index contributed by atoms with van der Waals surface area (Å²) < 4.78 is 22.3. The van der Waals surface area contributed by atoms with Crippen molar-refractivity contribution < 1.29 is 13.2 Å². The van der Waals surface area contributed by atoms with Gasteiger partial charge in [0.2, 0.25) is 0 Å². The highest BCUT2D eigenvalue weighted by Gasteiger charge is 2.29. The maximum absolute atomic E-state index is 11.4. The average molecular weight is 218 g/mol. The molecule has 0 bridgehead atoms. The van der Waals surface area contributed by atoms with Crippen LogP contribution in [-0.4, -0.2) is 25.7 Å². The molecule has 0 saturated carbocycles. The van der Waals surface area contributed by atoms with Gasteiger partial charge in [0.15, 0.2) is 9.84 Å². The van der Waals surface area contributed by atoms with Crippen LogP contribution in [0, 0.1) is 11.8 Å². The summed E-state index contributed by atoms with van der Waals surface area (Å²) >= 11 is 0. The van der Waals surface area contributed by atoms with Crippen molar-refractivity contribution in [1.82, 2.24) is 0 Å². The van der Waals surface area contributed by atoms with Gasteiger partial charge in [0, 0.05) is 12.8 Å². The quantitative estimate of drug-likeness (QED) is 0.717. The van der Waals surface area contributed by atoms with Crippen molar-refractivity contribution >= 4 is 15.6 Å². The molecule has 1 atom stereocenters. The Morgan fingerprint density at radius 3 is 2.50 bits per heavy atom. The minimum Gasteiger partial charge on any atom is -0.300 e. The Bertz CT molecular complexity index is 303. The van der Waals surface area contributed by atoms with Crippen LogP contribution in [0.2, 0.25) is 0 Å². The monoisotopic (exact) mass is 218 g/mol. The third kappa shape index (κ3) is 3.78. The van der Waals surface area contributed by atoms with E-state index in [2.05, 4.69) is 0 Å². The van der Waals surface area contributed by atoms with Gasteiger partial charge in [-0.05, 0) is 18.3 Å². The molecule has 1 aliphatic rings. The maximum Gasteiger partial charge on any atom is 0.150 e. The number of sulfone groups is 1. The first kappa shape index (κ1) is 11.7. The molecule has 1 aliphatic heterocycles. The Kier molecular flexibility index (Phi) is 3.70. The molecule has 0 aliphatic carbocycles. The number of hydrogen-bond acceptors (Lipinski definition) is 3. The molecule has 1 heterocycles. The van der Waals surface area contributed by atoms with E-state index >= 15 is 0 Å². The Hall–Kier alpha value is -0.380. The molecule has 1 unspecified atom stereocenters. The van der Waals surface area contributed by atoms with Gasteiger partial charge in [0.25, 0.3) is 0 Å². The van der Waals surface area contributed by atoms with Crippen LogP contribution in [0.1, 0.15) is 33.1 Å². The summed E-state index contributed by atoms with van der Waals surface area (Å²) in [6.07, 6.45) is 1.71. The number of rotatable bonds is 4. The van der Waals surface area contributed by atoms with Crippen LogP contribution in [0.4, 0.5) is 0 Å². The van der Waals surface area contributed by atoms with E-state index in [0.717, 1.165) is 0 Å². The van der Waals surface area contributed by atoms with Crippen molar-refractivity contribution in [3.63, 3.8) is 0 Å². The predicted molar refractivity (Wildman–Crippen MR) is 55.8 cm³/mol. The summed E-state index contributed by atoms with van der Waals surface area (Å²) in [4.78, 5) is 11.4. The van der Waals surface area contributed by atoms with Crippen LogP contribution in [0.3, 0.4) is 0 Å². The van der Waals surface area contributed by atoms with Gasteiger partial charge in [-0.15, -0.1) is 0 Å². The van der Waals surface area contributed by atoms with E-state index in [1.165, 1.54) is 0 Å². The Labute approximate surface area is 85.8 Å². The third-order valence-corrected chi connectivity index (χ3v) is 4.32. The normalized spacial score (nSPS) is 25.5. The second-order valence-corrected chi connectivity index (χ2v) is 6.84. The SMILES string of the molecule is CC(C)CC(=O)CC1CCS(=O)(=O)C1. The van der Waals surface area contributed by atoms with Crippen molar-refractivity contribution in [1.29, 1.82) is 0 Å². The molecule has 3 nitrogen and oxygen atoms in total. The first-order valence-electron chi connectivity index (χ1n) is 5.11. The van der Waals surface area contributed by atoms with Crippen molar-refractivity contribution in [3.8, 4) is 0 Å². The Balaban J connectivity index is 2.36. The van der Waals surface area contributed by atoms with Gasteiger partial charge in [-0.2, -0.15) is 0 Å². The topological polar surface area (TPSA) is 51.2 Å². The number of ketones is 1. The maximum atomic E-state index is 11.4. The van der Waals surface area contributed by atoms with Crippen LogP contribution in [0.15, 0.2) is 0 Å². The molecule has 0 amide bonds. The van der Waals surface area contributed by atoms with E-state index in [-0.39, 0.29) is 23.2 Å². The zero-order valence-electron chi connectivity index (χ0n) is 8.82. The molecular weight excluding hydrogens is 200 g/mol. The summed E-state index contributed by atoms with van der Waals surface area (Å²) in [6.45, 7) is 4.01. The summed E-state index contributed by atoms with van der Waals surface area (Å²) in [5.41, 5.74) is 0. The number of Topliss-reactive ketones (excluding diaryl/α,β-unsaturated/α-hetero) is 1. The van der Waals surface area contributed by atoms with Gasteiger partial charge in [-0.1, -0.05) is 13.8 Å². The fourth-order valence-corrected chi connectivity index (χ4v) is 3.76. The zero-order valence-corrected chi connectivity index (χ0v) is 9.64. The van der Waals surface area contributed by atoms with Gasteiger partial charge >= 0.3 is 0 Å². The smallest absolute Gasteiger partial charge is 0.150 e. The lowest BCUT2D eigenvalue weighted by molar-refractivity contribution is -0.120. The average Bonchev–Trinajstić information content (AvgIpc) is 2.27. The van der Waals surface area contributed by atoms with Gasteiger partial charge in [-0.3, -0.25) is 4.79 Å². The van der Waals surface area contributed by atoms with Crippen LogP contribution >= 0.6 is 0 Å². The highest BCUT2D eigenvalue weighted by molar-refractivity contribution is 7.91. The highest BCUT2D eigenvalue weighted by atomic mass is 32.2. The fraction of sp³-hybridized carbons (Fsp3) is 0.900. The number of carbonyl (C=O) groups is 1. The van der Waals surface area contributed by atoms with Crippen molar-refractivity contribution in [3.05, 3.63) is 0 Å². The Morgan fingerprint density at radius 1 is 1.43 bits per heavy atom. The largest absolute Gasteiger partial charge is 0.300 e. The van der Waals surface area contributed by atoms with E-state index in [0.29, 0.717) is 25.2 Å². The van der Waals surface area contributed by atoms with Crippen molar-refractivity contribution in [2.45, 2.75) is 33.1 Å². The van der Waals surface area contributed by atoms with Crippen LogP contribution in [-0.2, 0) is 14.6 Å². The molecule has 1 fully saturated rings. The minimum absolute atomic E-state index is 0.0891. The van der Waals surface area contributed by atoms with Crippen molar-refractivity contribution in [2.24, 2.45) is 11.8 Å². The zero-order chi connectivity index (χ0) is 10.8. The molecule has 0 aromatic carbocycles. The molecule has 1 rings (SSSR count).